The highest BCUT2D eigenvalue weighted by atomic mass is 19.4. The molecule has 0 atom stereocenters. The molecule has 0 heterocycles. The van der Waals surface area contributed by atoms with Crippen LogP contribution in [0.25, 0.3) is 0 Å². The van der Waals surface area contributed by atoms with Gasteiger partial charge in [-0.2, -0.15) is 52.7 Å². The molecule has 0 fully saturated rings. The number of hydrogen-bond acceptors (Lipinski definition) is 9. The quantitative estimate of drug-likeness (QED) is 0.274. The Morgan fingerprint density at radius 1 is 0.515 bits per heavy atom. The van der Waals surface area contributed by atoms with Gasteiger partial charge in [0.05, 0.1) is 14.2 Å². The number of methoxy groups -OCH3 is 2. The maximum Gasteiger partial charge on any atom is 0.508 e. The van der Waals surface area contributed by atoms with E-state index in [-0.39, 0.29) is 0 Å². The topological polar surface area (TPSA) is 98.8 Å². The van der Waals surface area contributed by atoms with Gasteiger partial charge in [-0.1, -0.05) is 0 Å². The Bertz CT molecular complexity index is 629. The summed E-state index contributed by atoms with van der Waals surface area (Å²) in [6, 6.07) is 0. The Labute approximate surface area is 173 Å². The summed E-state index contributed by atoms with van der Waals surface area (Å²) in [4.78, 5) is 20.9. The fourth-order valence-electron chi connectivity index (χ4n) is 1.24. The second-order valence-corrected chi connectivity index (χ2v) is 5.13. The van der Waals surface area contributed by atoms with Crippen molar-refractivity contribution in [1.29, 1.82) is 0 Å². The van der Waals surface area contributed by atoms with Crippen LogP contribution in [0.2, 0.25) is 0 Å². The molecule has 0 rings (SSSR count). The Balaban J connectivity index is 5.46. The van der Waals surface area contributed by atoms with Crippen LogP contribution in [0.1, 0.15) is 0 Å². The second kappa shape index (κ2) is 10.2. The molecule has 33 heavy (non-hydrogen) atoms. The van der Waals surface area contributed by atoms with Crippen molar-refractivity contribution >= 4 is 12.3 Å². The fraction of sp³-hybridized carbons (Fsp3) is 0.833. The highest BCUT2D eigenvalue weighted by molar-refractivity contribution is 5.59. The minimum Gasteiger partial charge on any atom is -0.438 e. The van der Waals surface area contributed by atoms with Gasteiger partial charge in [0.25, 0.3) is 0 Å². The van der Waals surface area contributed by atoms with Gasteiger partial charge in [0, 0.05) is 0 Å². The number of rotatable bonds is 12. The minimum atomic E-state index is -7.07. The van der Waals surface area contributed by atoms with Crippen molar-refractivity contribution in [1.82, 2.24) is 0 Å². The van der Waals surface area contributed by atoms with Crippen LogP contribution in [-0.4, -0.2) is 76.4 Å². The van der Waals surface area contributed by atoms with Crippen LogP contribution in [0.5, 0.6) is 0 Å². The molecule has 9 nitrogen and oxygen atoms in total. The van der Waals surface area contributed by atoms with Crippen molar-refractivity contribution in [3.05, 3.63) is 0 Å². The second-order valence-electron chi connectivity index (χ2n) is 5.13. The number of ether oxygens (including phenoxy) is 7. The first kappa shape index (κ1) is 30.6. The zero-order valence-electron chi connectivity index (χ0n) is 15.6. The van der Waals surface area contributed by atoms with Gasteiger partial charge in [0.1, 0.15) is 0 Å². The molecular formula is C12H10F12O9. The standard InChI is InChI=1S/C12H10F12O9/c1-27-5(25)29-3-7(13,14)31-9(17,18)11(21,22)33-12(23,24)10(19,20)32-8(15,16)4-30-6(26)28-2/h3-4H2,1-2H3. The summed E-state index contributed by atoms with van der Waals surface area (Å²) >= 11 is 0. The number of hydrogen-bond donors (Lipinski definition) is 0. The van der Waals surface area contributed by atoms with E-state index in [9.17, 15) is 62.3 Å². The molecule has 0 spiro atoms. The summed E-state index contributed by atoms with van der Waals surface area (Å²) in [6.07, 6.45) is -43.0. The average molecular weight is 526 g/mol. The van der Waals surface area contributed by atoms with Crippen molar-refractivity contribution in [3.63, 3.8) is 0 Å². The summed E-state index contributed by atoms with van der Waals surface area (Å²) in [5, 5.41) is 0. The van der Waals surface area contributed by atoms with Gasteiger partial charge >= 0.3 is 49.0 Å². The van der Waals surface area contributed by atoms with E-state index in [2.05, 4.69) is 28.4 Å². The highest BCUT2D eigenvalue weighted by Crippen LogP contribution is 2.48. The first-order valence-electron chi connectivity index (χ1n) is 7.32. The predicted molar refractivity (Wildman–Crippen MR) is 69.7 cm³/mol. The monoisotopic (exact) mass is 526 g/mol. The molecule has 0 aromatic rings. The lowest BCUT2D eigenvalue weighted by molar-refractivity contribution is -0.558. The van der Waals surface area contributed by atoms with E-state index in [4.69, 9.17) is 0 Å². The van der Waals surface area contributed by atoms with E-state index in [1.807, 2.05) is 0 Å². The molecule has 0 saturated heterocycles. The molecule has 21 heteroatoms. The van der Waals surface area contributed by atoms with Crippen LogP contribution in [0, 0.1) is 0 Å². The third-order valence-electron chi connectivity index (χ3n) is 2.54. The highest BCUT2D eigenvalue weighted by Gasteiger charge is 2.74. The van der Waals surface area contributed by atoms with Crippen molar-refractivity contribution in [3.8, 4) is 0 Å². The average Bonchev–Trinajstić information content (AvgIpc) is 2.61. The Morgan fingerprint density at radius 2 is 0.758 bits per heavy atom. The number of carbonyl (C=O) groups excluding carboxylic acids is 2. The minimum absolute atomic E-state index is 0.535. The van der Waals surface area contributed by atoms with Crippen LogP contribution < -0.4 is 0 Å². The van der Waals surface area contributed by atoms with Gasteiger partial charge in [-0.3, -0.25) is 0 Å². The van der Waals surface area contributed by atoms with Crippen LogP contribution in [0.3, 0.4) is 0 Å². The van der Waals surface area contributed by atoms with E-state index >= 15 is 0 Å². The summed E-state index contributed by atoms with van der Waals surface area (Å²) in [7, 11) is 1.07. The van der Waals surface area contributed by atoms with Crippen LogP contribution in [0.15, 0.2) is 0 Å². The largest absolute Gasteiger partial charge is 0.508 e. The first-order chi connectivity index (χ1) is 14.5. The van der Waals surface area contributed by atoms with Crippen molar-refractivity contribution in [2.24, 2.45) is 0 Å². The Kier molecular flexibility index (Phi) is 9.49. The van der Waals surface area contributed by atoms with E-state index in [1.165, 1.54) is 0 Å². The van der Waals surface area contributed by atoms with Crippen molar-refractivity contribution < 1.29 is 95.4 Å². The molecule has 0 radical (unpaired) electrons. The molecule has 0 aliphatic heterocycles. The molecule has 0 aliphatic carbocycles. The zero-order valence-corrected chi connectivity index (χ0v) is 15.6. The number of halogens is 12. The fourth-order valence-corrected chi connectivity index (χ4v) is 1.24. The molecule has 0 unspecified atom stereocenters. The van der Waals surface area contributed by atoms with Gasteiger partial charge in [-0.25, -0.2) is 23.8 Å². The van der Waals surface area contributed by atoms with Crippen molar-refractivity contribution in [2.75, 3.05) is 27.4 Å². The van der Waals surface area contributed by atoms with Crippen molar-refractivity contribution in [2.45, 2.75) is 36.7 Å². The lowest BCUT2D eigenvalue weighted by Crippen LogP contribution is -2.58. The summed E-state index contributed by atoms with van der Waals surface area (Å²) in [5.41, 5.74) is 0. The summed E-state index contributed by atoms with van der Waals surface area (Å²) < 4.78 is 178. The molecule has 0 bridgehead atoms. The van der Waals surface area contributed by atoms with E-state index in [0.717, 1.165) is 0 Å². The lowest BCUT2D eigenvalue weighted by Gasteiger charge is -2.34. The predicted octanol–water partition coefficient (Wildman–Crippen LogP) is 4.16. The van der Waals surface area contributed by atoms with Crippen LogP contribution in [0.4, 0.5) is 62.3 Å². The third kappa shape index (κ3) is 9.15. The smallest absolute Gasteiger partial charge is 0.438 e. The molecule has 0 aromatic carbocycles. The van der Waals surface area contributed by atoms with Gasteiger partial charge in [0.15, 0.2) is 13.2 Å². The van der Waals surface area contributed by atoms with E-state index in [1.54, 1.807) is 4.74 Å². The Hall–Kier alpha value is -2.42. The summed E-state index contributed by atoms with van der Waals surface area (Å²) in [6.45, 7) is -5.12. The van der Waals surface area contributed by atoms with Crippen LogP contribution >= 0.6 is 0 Å². The van der Waals surface area contributed by atoms with Gasteiger partial charge in [-0.15, -0.1) is 0 Å². The normalized spacial score (nSPS) is 14.0. The molecule has 0 aromatic heterocycles. The maximum atomic E-state index is 13.3. The number of alkyl halides is 12. The first-order valence-corrected chi connectivity index (χ1v) is 7.32. The third-order valence-corrected chi connectivity index (χ3v) is 2.54. The molecule has 196 valence electrons. The molecular weight excluding hydrogens is 516 g/mol. The van der Waals surface area contributed by atoms with E-state index in [0.29, 0.717) is 14.2 Å². The van der Waals surface area contributed by atoms with Gasteiger partial charge in [-0.05, 0) is 0 Å². The SMILES string of the molecule is COC(=O)OCC(F)(F)OC(F)(F)C(F)(F)OC(F)(F)C(F)(F)OC(F)(F)COC(=O)OC. The zero-order chi connectivity index (χ0) is 26.5. The van der Waals surface area contributed by atoms with Gasteiger partial charge < -0.3 is 18.9 Å². The summed E-state index contributed by atoms with van der Waals surface area (Å²) in [5.74, 6) is 0. The molecule has 0 aliphatic rings. The maximum absolute atomic E-state index is 13.3. The Morgan fingerprint density at radius 3 is 1.00 bits per heavy atom. The van der Waals surface area contributed by atoms with Crippen LogP contribution in [-0.2, 0) is 33.2 Å². The molecule has 0 N–H and O–H groups in total. The lowest BCUT2D eigenvalue weighted by atomic mass is 10.5. The van der Waals surface area contributed by atoms with E-state index < -0.39 is 62.2 Å². The molecule has 0 amide bonds. The van der Waals surface area contributed by atoms with Gasteiger partial charge in [0.2, 0.25) is 0 Å². The number of carbonyl (C=O) groups is 2. The molecule has 0 saturated carbocycles.